The number of rotatable bonds is 3. The number of benzene rings is 1. The zero-order chi connectivity index (χ0) is 14.0. The van der Waals surface area contributed by atoms with Crippen LogP contribution in [-0.2, 0) is 4.79 Å². The van der Waals surface area contributed by atoms with Crippen LogP contribution in [0.15, 0.2) is 18.2 Å². The van der Waals surface area contributed by atoms with E-state index in [0.717, 1.165) is 0 Å². The molecule has 1 aliphatic rings. The molecule has 0 bridgehead atoms. The number of Topliss-reactive ketones (excluding diaryl/α,β-unsaturated/α-hetero) is 1. The molecule has 0 spiro atoms. The second-order valence-electron chi connectivity index (χ2n) is 5.20. The lowest BCUT2D eigenvalue weighted by atomic mass is 9.99. The number of amides is 1. The van der Waals surface area contributed by atoms with Gasteiger partial charge in [-0.2, -0.15) is 0 Å². The predicted molar refractivity (Wildman–Crippen MR) is 73.7 cm³/mol. The SMILES string of the molecule is COc1ccc2c(c1)C(=O)CCN2C(=O)CC(C)C. The Morgan fingerprint density at radius 3 is 2.79 bits per heavy atom. The fourth-order valence-corrected chi connectivity index (χ4v) is 2.29. The van der Waals surface area contributed by atoms with Crippen LogP contribution in [0.4, 0.5) is 5.69 Å². The highest BCUT2D eigenvalue weighted by Crippen LogP contribution is 2.31. The van der Waals surface area contributed by atoms with E-state index in [1.54, 1.807) is 30.2 Å². The molecule has 4 nitrogen and oxygen atoms in total. The molecule has 0 N–H and O–H groups in total. The molecule has 1 aromatic rings. The van der Waals surface area contributed by atoms with E-state index in [1.165, 1.54) is 0 Å². The van der Waals surface area contributed by atoms with Crippen molar-refractivity contribution < 1.29 is 14.3 Å². The summed E-state index contributed by atoms with van der Waals surface area (Å²) in [5.41, 5.74) is 1.30. The van der Waals surface area contributed by atoms with Gasteiger partial charge in [0.25, 0.3) is 0 Å². The van der Waals surface area contributed by atoms with Gasteiger partial charge in [-0.3, -0.25) is 9.59 Å². The number of anilines is 1. The van der Waals surface area contributed by atoms with Crippen molar-refractivity contribution in [2.24, 2.45) is 5.92 Å². The number of carbonyl (C=O) groups is 2. The first kappa shape index (κ1) is 13.6. The zero-order valence-electron chi connectivity index (χ0n) is 11.6. The fourth-order valence-electron chi connectivity index (χ4n) is 2.29. The molecule has 0 saturated carbocycles. The van der Waals surface area contributed by atoms with Gasteiger partial charge in [0.1, 0.15) is 5.75 Å². The summed E-state index contributed by atoms with van der Waals surface area (Å²) in [6.45, 7) is 4.51. The maximum Gasteiger partial charge on any atom is 0.227 e. The Bertz CT molecular complexity index is 508. The van der Waals surface area contributed by atoms with Crippen LogP contribution >= 0.6 is 0 Å². The van der Waals surface area contributed by atoms with E-state index in [9.17, 15) is 9.59 Å². The van der Waals surface area contributed by atoms with Crippen molar-refractivity contribution in [3.8, 4) is 5.75 Å². The van der Waals surface area contributed by atoms with E-state index in [-0.39, 0.29) is 11.7 Å². The Morgan fingerprint density at radius 1 is 1.42 bits per heavy atom. The van der Waals surface area contributed by atoms with Gasteiger partial charge in [-0.15, -0.1) is 0 Å². The van der Waals surface area contributed by atoms with E-state index >= 15 is 0 Å². The lowest BCUT2D eigenvalue weighted by molar-refractivity contribution is -0.119. The second kappa shape index (κ2) is 5.43. The summed E-state index contributed by atoms with van der Waals surface area (Å²) in [4.78, 5) is 25.9. The van der Waals surface area contributed by atoms with Crippen LogP contribution < -0.4 is 9.64 Å². The summed E-state index contributed by atoms with van der Waals surface area (Å²) >= 11 is 0. The van der Waals surface area contributed by atoms with Crippen LogP contribution in [0.2, 0.25) is 0 Å². The summed E-state index contributed by atoms with van der Waals surface area (Å²) in [5, 5.41) is 0. The van der Waals surface area contributed by atoms with Gasteiger partial charge >= 0.3 is 0 Å². The molecule has 0 radical (unpaired) electrons. The third-order valence-corrected chi connectivity index (χ3v) is 3.24. The maximum absolute atomic E-state index is 12.2. The highest BCUT2D eigenvalue weighted by Gasteiger charge is 2.27. The molecule has 0 aromatic heterocycles. The average molecular weight is 261 g/mol. The van der Waals surface area contributed by atoms with Gasteiger partial charge in [-0.1, -0.05) is 13.8 Å². The van der Waals surface area contributed by atoms with E-state index in [0.29, 0.717) is 42.3 Å². The van der Waals surface area contributed by atoms with Crippen molar-refractivity contribution in [2.45, 2.75) is 26.7 Å². The molecule has 1 aromatic carbocycles. The van der Waals surface area contributed by atoms with Crippen molar-refractivity contribution in [3.63, 3.8) is 0 Å². The zero-order valence-corrected chi connectivity index (χ0v) is 11.6. The van der Waals surface area contributed by atoms with Crippen LogP contribution in [0.1, 0.15) is 37.0 Å². The van der Waals surface area contributed by atoms with Crippen LogP contribution in [-0.4, -0.2) is 25.3 Å². The van der Waals surface area contributed by atoms with E-state index < -0.39 is 0 Å². The summed E-state index contributed by atoms with van der Waals surface area (Å²) in [6.07, 6.45) is 0.879. The molecule has 0 unspecified atom stereocenters. The number of methoxy groups -OCH3 is 1. The highest BCUT2D eigenvalue weighted by atomic mass is 16.5. The van der Waals surface area contributed by atoms with Crippen molar-refractivity contribution in [2.75, 3.05) is 18.6 Å². The Hall–Kier alpha value is -1.84. The van der Waals surface area contributed by atoms with Gasteiger partial charge in [0, 0.05) is 24.9 Å². The van der Waals surface area contributed by atoms with Crippen LogP contribution in [0.25, 0.3) is 0 Å². The monoisotopic (exact) mass is 261 g/mol. The van der Waals surface area contributed by atoms with Crippen molar-refractivity contribution in [1.82, 2.24) is 0 Å². The number of ketones is 1. The lowest BCUT2D eigenvalue weighted by Crippen LogP contribution is -2.37. The van der Waals surface area contributed by atoms with Crippen molar-refractivity contribution >= 4 is 17.4 Å². The van der Waals surface area contributed by atoms with Crippen LogP contribution in [0.5, 0.6) is 5.75 Å². The lowest BCUT2D eigenvalue weighted by Gasteiger charge is -2.29. The molecular formula is C15H19NO3. The first-order valence-corrected chi connectivity index (χ1v) is 6.54. The molecule has 2 rings (SSSR count). The minimum absolute atomic E-state index is 0.0718. The standard InChI is InChI=1S/C15H19NO3/c1-10(2)8-15(18)16-7-6-14(17)12-9-11(19-3)4-5-13(12)16/h4-5,9-10H,6-8H2,1-3H3. The molecule has 102 valence electrons. The number of ether oxygens (including phenoxy) is 1. The van der Waals surface area contributed by atoms with Crippen LogP contribution in [0.3, 0.4) is 0 Å². The second-order valence-corrected chi connectivity index (χ2v) is 5.20. The summed E-state index contributed by atoms with van der Waals surface area (Å²) < 4.78 is 5.13. The van der Waals surface area contributed by atoms with Crippen LogP contribution in [0, 0.1) is 5.92 Å². The molecular weight excluding hydrogens is 242 g/mol. The third-order valence-electron chi connectivity index (χ3n) is 3.24. The number of hydrogen-bond donors (Lipinski definition) is 0. The van der Waals surface area contributed by atoms with E-state index in [1.807, 2.05) is 13.8 Å². The molecule has 1 heterocycles. The largest absolute Gasteiger partial charge is 0.497 e. The number of nitrogens with zero attached hydrogens (tertiary/aromatic N) is 1. The van der Waals surface area contributed by atoms with Gasteiger partial charge in [-0.05, 0) is 24.1 Å². The maximum atomic E-state index is 12.2. The third kappa shape index (κ3) is 2.78. The van der Waals surface area contributed by atoms with Crippen molar-refractivity contribution in [1.29, 1.82) is 0 Å². The number of carbonyl (C=O) groups excluding carboxylic acids is 2. The topological polar surface area (TPSA) is 46.6 Å². The molecule has 0 fully saturated rings. The average Bonchev–Trinajstić information content (AvgIpc) is 2.38. The first-order valence-electron chi connectivity index (χ1n) is 6.54. The predicted octanol–water partition coefficient (Wildman–Crippen LogP) is 2.66. The minimum Gasteiger partial charge on any atom is -0.497 e. The highest BCUT2D eigenvalue weighted by molar-refractivity contribution is 6.09. The summed E-state index contributed by atoms with van der Waals surface area (Å²) in [5.74, 6) is 1.11. The van der Waals surface area contributed by atoms with Gasteiger partial charge in [0.15, 0.2) is 5.78 Å². The Morgan fingerprint density at radius 2 is 2.16 bits per heavy atom. The van der Waals surface area contributed by atoms with E-state index in [2.05, 4.69) is 0 Å². The van der Waals surface area contributed by atoms with Gasteiger partial charge in [-0.25, -0.2) is 0 Å². The molecule has 0 saturated heterocycles. The number of fused-ring (bicyclic) bond motifs is 1. The minimum atomic E-state index is 0.0718. The summed E-state index contributed by atoms with van der Waals surface area (Å²) in [7, 11) is 1.57. The Labute approximate surface area is 113 Å². The quantitative estimate of drug-likeness (QED) is 0.840. The van der Waals surface area contributed by atoms with E-state index in [4.69, 9.17) is 4.74 Å². The first-order chi connectivity index (χ1) is 9.02. The Balaban J connectivity index is 2.35. The van der Waals surface area contributed by atoms with Gasteiger partial charge < -0.3 is 9.64 Å². The molecule has 0 atom stereocenters. The smallest absolute Gasteiger partial charge is 0.227 e. The van der Waals surface area contributed by atoms with Gasteiger partial charge in [0.2, 0.25) is 5.91 Å². The number of hydrogen-bond acceptors (Lipinski definition) is 3. The molecule has 19 heavy (non-hydrogen) atoms. The van der Waals surface area contributed by atoms with Crippen molar-refractivity contribution in [3.05, 3.63) is 23.8 Å². The molecule has 0 aliphatic carbocycles. The fraction of sp³-hybridized carbons (Fsp3) is 0.467. The normalized spacial score (nSPS) is 14.5. The van der Waals surface area contributed by atoms with Gasteiger partial charge in [0.05, 0.1) is 12.8 Å². The molecule has 4 heteroatoms. The summed E-state index contributed by atoms with van der Waals surface area (Å²) in [6, 6.07) is 5.29. The molecule has 1 amide bonds. The Kier molecular flexibility index (Phi) is 3.88. The molecule has 1 aliphatic heterocycles.